The van der Waals surface area contributed by atoms with Crippen molar-refractivity contribution in [2.45, 2.75) is 39.5 Å². The summed E-state index contributed by atoms with van der Waals surface area (Å²) in [5.74, 6) is 0.914. The van der Waals surface area contributed by atoms with Gasteiger partial charge in [0.05, 0.1) is 22.4 Å². The largest absolute Gasteiger partial charge is 0.456 e. The first kappa shape index (κ1) is 37.5. The Hall–Kier alpha value is -7.10. The highest BCUT2D eigenvalue weighted by Crippen LogP contribution is 2.55. The maximum atomic E-state index is 6.57. The smallest absolute Gasteiger partial charge is 0.142 e. The van der Waals surface area contributed by atoms with Gasteiger partial charge in [-0.25, -0.2) is 0 Å². The number of rotatable bonds is 11. The van der Waals surface area contributed by atoms with Crippen LogP contribution in [0, 0.1) is 6.92 Å². The van der Waals surface area contributed by atoms with Crippen LogP contribution in [0.15, 0.2) is 176 Å². The number of aromatic nitrogens is 1. The lowest BCUT2D eigenvalue weighted by atomic mass is 9.80. The van der Waals surface area contributed by atoms with Crippen LogP contribution in [0.4, 0.5) is 11.4 Å². The molecule has 0 aliphatic heterocycles. The van der Waals surface area contributed by atoms with Crippen LogP contribution in [-0.4, -0.2) is 4.57 Å². The van der Waals surface area contributed by atoms with Gasteiger partial charge in [0.15, 0.2) is 0 Å². The Bertz CT molecular complexity index is 3090. The molecule has 2 aromatic heterocycles. The number of furan rings is 1. The van der Waals surface area contributed by atoms with Crippen molar-refractivity contribution in [1.29, 1.82) is 0 Å². The van der Waals surface area contributed by atoms with E-state index in [0.717, 1.165) is 95.5 Å². The van der Waals surface area contributed by atoms with Crippen LogP contribution >= 0.6 is 0 Å². The first-order valence-electron chi connectivity index (χ1n) is 20.4. The Balaban J connectivity index is 1.29. The average molecular weight is 765 g/mol. The molecule has 0 bridgehead atoms. The van der Waals surface area contributed by atoms with E-state index in [1.165, 1.54) is 22.3 Å². The molecule has 1 aliphatic rings. The summed E-state index contributed by atoms with van der Waals surface area (Å²) in [7, 11) is 0. The number of hydrogen-bond donors (Lipinski definition) is 0. The second-order valence-corrected chi connectivity index (χ2v) is 15.7. The van der Waals surface area contributed by atoms with Gasteiger partial charge in [0.25, 0.3) is 0 Å². The Morgan fingerprint density at radius 2 is 1.46 bits per heavy atom. The lowest BCUT2D eigenvalue weighted by Crippen LogP contribution is -2.20. The van der Waals surface area contributed by atoms with Gasteiger partial charge in [-0.2, -0.15) is 0 Å². The summed E-state index contributed by atoms with van der Waals surface area (Å²) in [5.41, 5.74) is 17.2. The molecule has 0 radical (unpaired) electrons. The summed E-state index contributed by atoms with van der Waals surface area (Å²) in [6.07, 6.45) is 15.0. The normalized spacial score (nSPS) is 13.3. The molecule has 0 atom stereocenters. The van der Waals surface area contributed by atoms with Crippen molar-refractivity contribution in [3.63, 3.8) is 0 Å². The monoisotopic (exact) mass is 764 g/mol. The van der Waals surface area contributed by atoms with E-state index in [4.69, 9.17) is 4.42 Å². The van der Waals surface area contributed by atoms with Crippen molar-refractivity contribution in [3.8, 4) is 27.9 Å². The molecule has 0 N–H and O–H groups in total. The minimum atomic E-state index is -0.355. The summed E-state index contributed by atoms with van der Waals surface area (Å²) >= 11 is 0. The fourth-order valence-electron chi connectivity index (χ4n) is 9.37. The van der Waals surface area contributed by atoms with Crippen LogP contribution in [0.5, 0.6) is 0 Å². The standard InChI is InChI=1S/C56H48N2O/c1-9-14-31-52-36(6)42-26-20-27-43(55(42)59-52)37-32-33-44-46(34-37)56(7,8)47-35-51(40(12-4)41(13-5)53(44)47)57(38(11-3)22-10-2)49-29-21-30-50-54(49)45-25-18-19-28-48(45)58(50)39-23-16-15-17-24-39/h10-35H,2-5,9H2,1,6-8H3/b31-14-,38-22+. The van der Waals surface area contributed by atoms with Gasteiger partial charge >= 0.3 is 0 Å². The van der Waals surface area contributed by atoms with Gasteiger partial charge in [0, 0.05) is 49.6 Å². The zero-order valence-electron chi connectivity index (χ0n) is 34.3. The zero-order chi connectivity index (χ0) is 41.0. The summed E-state index contributed by atoms with van der Waals surface area (Å²) in [4.78, 5) is 2.33. The summed E-state index contributed by atoms with van der Waals surface area (Å²) in [5, 5.41) is 3.44. The van der Waals surface area contributed by atoms with Gasteiger partial charge in [0.2, 0.25) is 0 Å². The molecular formula is C56H48N2O. The Morgan fingerprint density at radius 3 is 2.20 bits per heavy atom. The molecule has 3 heteroatoms. The molecule has 0 spiro atoms. The van der Waals surface area contributed by atoms with E-state index in [2.05, 4.69) is 191 Å². The zero-order valence-corrected chi connectivity index (χ0v) is 34.3. The van der Waals surface area contributed by atoms with E-state index in [-0.39, 0.29) is 5.41 Å². The van der Waals surface area contributed by atoms with Crippen LogP contribution in [0.25, 0.3) is 78.9 Å². The molecule has 8 aromatic rings. The number of benzene rings is 6. The molecule has 0 amide bonds. The maximum absolute atomic E-state index is 6.57. The molecule has 288 valence electrons. The highest BCUT2D eigenvalue weighted by atomic mass is 16.3. The average Bonchev–Trinajstić information content (AvgIpc) is 3.86. The Labute approximate surface area is 347 Å². The van der Waals surface area contributed by atoms with Crippen molar-refractivity contribution in [3.05, 3.63) is 205 Å². The second-order valence-electron chi connectivity index (χ2n) is 15.7. The Morgan fingerprint density at radius 1 is 0.729 bits per heavy atom. The van der Waals surface area contributed by atoms with Gasteiger partial charge in [-0.1, -0.05) is 144 Å². The predicted octanol–water partition coefficient (Wildman–Crippen LogP) is 15.9. The van der Waals surface area contributed by atoms with E-state index in [1.54, 1.807) is 0 Å². The SMILES string of the molecule is C=C/C=C(\C=C)N(c1cc2c(c(C=C)c1C=C)-c1ccc(-c3cccc4c(C)c(/C=C\CC)oc34)cc1C2(C)C)c1cccc2c1c1ccccc1n2-c1ccccc1. The molecule has 59 heavy (non-hydrogen) atoms. The highest BCUT2D eigenvalue weighted by Gasteiger charge is 2.39. The van der Waals surface area contributed by atoms with Gasteiger partial charge < -0.3 is 13.9 Å². The van der Waals surface area contributed by atoms with E-state index < -0.39 is 0 Å². The molecule has 0 fully saturated rings. The van der Waals surface area contributed by atoms with E-state index in [1.807, 2.05) is 30.4 Å². The van der Waals surface area contributed by atoms with Gasteiger partial charge in [-0.15, -0.1) is 0 Å². The van der Waals surface area contributed by atoms with Crippen LogP contribution < -0.4 is 4.90 Å². The van der Waals surface area contributed by atoms with Crippen LogP contribution in [0.1, 0.15) is 60.8 Å². The first-order valence-corrected chi connectivity index (χ1v) is 20.4. The minimum Gasteiger partial charge on any atom is -0.456 e. The lowest BCUT2D eigenvalue weighted by molar-refractivity contribution is 0.602. The summed E-state index contributed by atoms with van der Waals surface area (Å²) < 4.78 is 8.92. The lowest BCUT2D eigenvalue weighted by Gasteiger charge is -2.32. The first-order chi connectivity index (χ1) is 28.8. The molecule has 0 saturated heterocycles. The van der Waals surface area contributed by atoms with E-state index >= 15 is 0 Å². The molecule has 1 aliphatic carbocycles. The van der Waals surface area contributed by atoms with Crippen molar-refractivity contribution in [2.75, 3.05) is 4.90 Å². The third-order valence-corrected chi connectivity index (χ3v) is 12.2. The molecule has 2 heterocycles. The number of para-hydroxylation sites is 3. The van der Waals surface area contributed by atoms with Gasteiger partial charge in [-0.3, -0.25) is 0 Å². The fourth-order valence-corrected chi connectivity index (χ4v) is 9.37. The maximum Gasteiger partial charge on any atom is 0.142 e. The van der Waals surface area contributed by atoms with Crippen LogP contribution in [0.2, 0.25) is 0 Å². The van der Waals surface area contributed by atoms with Gasteiger partial charge in [0.1, 0.15) is 11.3 Å². The Kier molecular flexibility index (Phi) is 9.33. The molecule has 0 saturated carbocycles. The number of allylic oxidation sites excluding steroid dienone is 4. The number of aryl methyl sites for hydroxylation is 1. The molecule has 0 unspecified atom stereocenters. The quantitative estimate of drug-likeness (QED) is 0.122. The third-order valence-electron chi connectivity index (χ3n) is 12.2. The molecular weight excluding hydrogens is 717 g/mol. The molecule has 6 aromatic carbocycles. The summed E-state index contributed by atoms with van der Waals surface area (Å²) in [6, 6.07) is 41.6. The second kappa shape index (κ2) is 14.7. The highest BCUT2D eigenvalue weighted by molar-refractivity contribution is 6.16. The van der Waals surface area contributed by atoms with Crippen molar-refractivity contribution in [1.82, 2.24) is 4.57 Å². The van der Waals surface area contributed by atoms with E-state index in [9.17, 15) is 0 Å². The number of fused-ring (bicyclic) bond motifs is 7. The third kappa shape index (κ3) is 5.72. The number of anilines is 2. The number of nitrogens with zero attached hydrogens (tertiary/aromatic N) is 2. The number of hydrogen-bond acceptors (Lipinski definition) is 2. The molecule has 3 nitrogen and oxygen atoms in total. The predicted molar refractivity (Wildman–Crippen MR) is 255 cm³/mol. The fraction of sp³-hybridized carbons (Fsp3) is 0.107. The minimum absolute atomic E-state index is 0.355. The van der Waals surface area contributed by atoms with Crippen molar-refractivity contribution < 1.29 is 4.42 Å². The summed E-state index contributed by atoms with van der Waals surface area (Å²) in [6.45, 7) is 26.3. The van der Waals surface area contributed by atoms with Crippen LogP contribution in [-0.2, 0) is 5.41 Å². The van der Waals surface area contributed by atoms with Gasteiger partial charge in [-0.05, 0) is 107 Å². The van der Waals surface area contributed by atoms with Crippen molar-refractivity contribution in [2.24, 2.45) is 0 Å². The van der Waals surface area contributed by atoms with E-state index in [0.29, 0.717) is 0 Å². The van der Waals surface area contributed by atoms with Crippen LogP contribution in [0.3, 0.4) is 0 Å². The topological polar surface area (TPSA) is 21.3 Å². The van der Waals surface area contributed by atoms with Crippen molar-refractivity contribution >= 4 is 62.4 Å². The molecule has 9 rings (SSSR count).